The lowest BCUT2D eigenvalue weighted by atomic mass is 10.00. The fraction of sp³-hybridized carbons (Fsp3) is 0.423. The van der Waals surface area contributed by atoms with Gasteiger partial charge in [-0.2, -0.15) is 11.8 Å². The molecule has 0 saturated carbocycles. The van der Waals surface area contributed by atoms with Crippen molar-refractivity contribution >= 4 is 29.6 Å². The maximum atomic E-state index is 13.6. The molecule has 2 heterocycles. The third-order valence-corrected chi connectivity index (χ3v) is 7.90. The smallest absolute Gasteiger partial charge is 0.269 e. The van der Waals surface area contributed by atoms with E-state index >= 15 is 0 Å². The van der Waals surface area contributed by atoms with Crippen LogP contribution in [0.4, 0.5) is 4.79 Å². The number of rotatable bonds is 6. The predicted octanol–water partition coefficient (Wildman–Crippen LogP) is 5.45. The molecular formula is C26H30N2O3S. The normalized spacial score (nSPS) is 22.3. The fourth-order valence-electron chi connectivity index (χ4n) is 4.60. The third-order valence-electron chi connectivity index (χ3n) is 6.42. The minimum absolute atomic E-state index is 0.153. The van der Waals surface area contributed by atoms with E-state index in [1.54, 1.807) is 36.0 Å². The van der Waals surface area contributed by atoms with E-state index in [1.807, 2.05) is 38.1 Å². The van der Waals surface area contributed by atoms with Crippen molar-refractivity contribution in [2.45, 2.75) is 63.8 Å². The standard InChI is InChI=1S/C26H30N2O3S/c1-4-5-6-7-22-23-21(16-32-22)27(24(29)19-12-8-17(2)9-13-19)26(31)28(23)25(30)20-14-10-18(3)11-15-20/h8-15,21-23H,4-7,16H2,1-3H3/t21-,22-,23+/m1/s1. The van der Waals surface area contributed by atoms with Gasteiger partial charge >= 0.3 is 6.03 Å². The Morgan fingerprint density at radius 1 is 0.875 bits per heavy atom. The van der Waals surface area contributed by atoms with Crippen LogP contribution in [-0.4, -0.2) is 50.7 Å². The summed E-state index contributed by atoms with van der Waals surface area (Å²) in [4.78, 5) is 43.2. The number of carbonyl (C=O) groups excluding carboxylic acids is 3. The molecule has 0 spiro atoms. The summed E-state index contributed by atoms with van der Waals surface area (Å²) < 4.78 is 0. The Morgan fingerprint density at radius 2 is 1.41 bits per heavy atom. The van der Waals surface area contributed by atoms with Crippen LogP contribution in [0.3, 0.4) is 0 Å². The molecule has 32 heavy (non-hydrogen) atoms. The lowest BCUT2D eigenvalue weighted by molar-refractivity contribution is 0.0769. The Labute approximate surface area is 194 Å². The highest BCUT2D eigenvalue weighted by atomic mass is 32.2. The summed E-state index contributed by atoms with van der Waals surface area (Å²) in [5.74, 6) is 0.0360. The molecule has 2 aromatic carbocycles. The van der Waals surface area contributed by atoms with Gasteiger partial charge in [0, 0.05) is 22.1 Å². The summed E-state index contributed by atoms with van der Waals surface area (Å²) in [6.07, 6.45) is 4.25. The fourth-order valence-corrected chi connectivity index (χ4v) is 6.22. The van der Waals surface area contributed by atoms with Crippen LogP contribution in [0.2, 0.25) is 0 Å². The summed E-state index contributed by atoms with van der Waals surface area (Å²) in [5, 5.41) is 0.153. The molecule has 2 aliphatic rings. The number of thioether (sulfide) groups is 1. The number of unbranched alkanes of at least 4 members (excludes halogenated alkanes) is 2. The van der Waals surface area contributed by atoms with Crippen LogP contribution >= 0.6 is 11.8 Å². The van der Waals surface area contributed by atoms with E-state index in [0.29, 0.717) is 16.9 Å². The van der Waals surface area contributed by atoms with Crippen molar-refractivity contribution in [2.75, 3.05) is 5.75 Å². The van der Waals surface area contributed by atoms with E-state index in [-0.39, 0.29) is 29.1 Å². The van der Waals surface area contributed by atoms with Crippen LogP contribution in [0.25, 0.3) is 0 Å². The zero-order chi connectivity index (χ0) is 22.8. The zero-order valence-electron chi connectivity index (χ0n) is 18.9. The number of hydrogen-bond donors (Lipinski definition) is 0. The molecule has 2 aromatic rings. The van der Waals surface area contributed by atoms with Crippen LogP contribution in [-0.2, 0) is 0 Å². The van der Waals surface area contributed by atoms with Crippen LogP contribution in [0, 0.1) is 13.8 Å². The zero-order valence-corrected chi connectivity index (χ0v) is 19.7. The van der Waals surface area contributed by atoms with E-state index in [0.717, 1.165) is 36.8 Å². The van der Waals surface area contributed by atoms with Gasteiger partial charge in [0.1, 0.15) is 0 Å². The highest BCUT2D eigenvalue weighted by molar-refractivity contribution is 8.00. The lowest BCUT2D eigenvalue weighted by Crippen LogP contribution is -2.44. The van der Waals surface area contributed by atoms with Crippen molar-refractivity contribution in [3.63, 3.8) is 0 Å². The summed E-state index contributed by atoms with van der Waals surface area (Å²) in [6.45, 7) is 6.09. The Hall–Kier alpha value is -2.60. The summed E-state index contributed by atoms with van der Waals surface area (Å²) >= 11 is 1.78. The quantitative estimate of drug-likeness (QED) is 0.433. The highest BCUT2D eigenvalue weighted by Crippen LogP contribution is 2.42. The molecule has 5 nitrogen and oxygen atoms in total. The lowest BCUT2D eigenvalue weighted by Gasteiger charge is -2.25. The number of aryl methyl sites for hydroxylation is 2. The molecule has 6 heteroatoms. The third kappa shape index (κ3) is 4.20. The van der Waals surface area contributed by atoms with E-state index < -0.39 is 6.03 Å². The summed E-state index contributed by atoms with van der Waals surface area (Å²) in [5.41, 5.74) is 3.07. The molecule has 0 bridgehead atoms. The van der Waals surface area contributed by atoms with Gasteiger partial charge in [-0.05, 0) is 44.5 Å². The minimum atomic E-state index is -0.489. The summed E-state index contributed by atoms with van der Waals surface area (Å²) in [7, 11) is 0. The van der Waals surface area contributed by atoms with Gasteiger partial charge in [-0.1, -0.05) is 61.6 Å². The molecule has 4 rings (SSSR count). The van der Waals surface area contributed by atoms with Crippen molar-refractivity contribution in [3.05, 3.63) is 70.8 Å². The van der Waals surface area contributed by atoms with Gasteiger partial charge in [0.2, 0.25) is 0 Å². The van der Waals surface area contributed by atoms with Crippen molar-refractivity contribution < 1.29 is 14.4 Å². The molecule has 2 saturated heterocycles. The van der Waals surface area contributed by atoms with E-state index in [9.17, 15) is 14.4 Å². The molecular weight excluding hydrogens is 420 g/mol. The first-order valence-electron chi connectivity index (χ1n) is 11.4. The summed E-state index contributed by atoms with van der Waals surface area (Å²) in [6, 6.07) is 13.5. The molecule has 0 aromatic heterocycles. The molecule has 4 amide bonds. The number of fused-ring (bicyclic) bond motifs is 1. The van der Waals surface area contributed by atoms with Gasteiger partial charge in [0.25, 0.3) is 11.8 Å². The Bertz CT molecular complexity index is 1000. The van der Waals surface area contributed by atoms with Crippen molar-refractivity contribution in [1.82, 2.24) is 9.80 Å². The number of carbonyl (C=O) groups is 3. The maximum Gasteiger partial charge on any atom is 0.334 e. The molecule has 0 aliphatic carbocycles. The van der Waals surface area contributed by atoms with Gasteiger partial charge in [-0.25, -0.2) is 4.79 Å². The number of amides is 4. The Balaban J connectivity index is 1.67. The van der Waals surface area contributed by atoms with Crippen molar-refractivity contribution in [1.29, 1.82) is 0 Å². The second-order valence-corrected chi connectivity index (χ2v) is 10.1. The molecule has 0 N–H and O–H groups in total. The number of urea groups is 1. The number of hydrogen-bond acceptors (Lipinski definition) is 4. The van der Waals surface area contributed by atoms with Gasteiger partial charge in [-0.15, -0.1) is 0 Å². The monoisotopic (exact) mass is 450 g/mol. The van der Waals surface area contributed by atoms with E-state index in [4.69, 9.17) is 0 Å². The molecule has 2 aliphatic heterocycles. The van der Waals surface area contributed by atoms with Gasteiger partial charge in [0.05, 0.1) is 12.1 Å². The van der Waals surface area contributed by atoms with Crippen molar-refractivity contribution in [3.8, 4) is 0 Å². The van der Waals surface area contributed by atoms with Crippen LogP contribution in [0.5, 0.6) is 0 Å². The van der Waals surface area contributed by atoms with Gasteiger partial charge in [-0.3, -0.25) is 19.4 Å². The molecule has 3 atom stereocenters. The van der Waals surface area contributed by atoms with Crippen LogP contribution < -0.4 is 0 Å². The maximum absolute atomic E-state index is 13.6. The van der Waals surface area contributed by atoms with Gasteiger partial charge < -0.3 is 0 Å². The van der Waals surface area contributed by atoms with Crippen molar-refractivity contribution in [2.24, 2.45) is 0 Å². The second-order valence-electron chi connectivity index (χ2n) is 8.79. The predicted molar refractivity (Wildman–Crippen MR) is 128 cm³/mol. The van der Waals surface area contributed by atoms with E-state index in [2.05, 4.69) is 6.92 Å². The first-order chi connectivity index (χ1) is 15.4. The van der Waals surface area contributed by atoms with Crippen LogP contribution in [0.1, 0.15) is 64.4 Å². The highest BCUT2D eigenvalue weighted by Gasteiger charge is 2.57. The molecule has 168 valence electrons. The average molecular weight is 451 g/mol. The minimum Gasteiger partial charge on any atom is -0.269 e. The molecule has 0 unspecified atom stereocenters. The molecule has 2 fully saturated rings. The Kier molecular flexibility index (Phi) is 6.70. The SMILES string of the molecule is CCCCC[C@H]1SC[C@@H]2[C@@H]1N(C(=O)c1ccc(C)cc1)C(=O)N2C(=O)c1ccc(C)cc1. The van der Waals surface area contributed by atoms with Gasteiger partial charge in [0.15, 0.2) is 0 Å². The number of nitrogens with zero attached hydrogens (tertiary/aromatic N) is 2. The first kappa shape index (κ1) is 22.6. The number of benzene rings is 2. The average Bonchev–Trinajstić information content (AvgIpc) is 3.31. The largest absolute Gasteiger partial charge is 0.334 e. The number of imide groups is 2. The first-order valence-corrected chi connectivity index (χ1v) is 12.4. The van der Waals surface area contributed by atoms with E-state index in [1.165, 1.54) is 9.80 Å². The molecule has 0 radical (unpaired) electrons. The Morgan fingerprint density at radius 3 is 1.94 bits per heavy atom. The second kappa shape index (κ2) is 9.49. The van der Waals surface area contributed by atoms with Crippen LogP contribution in [0.15, 0.2) is 48.5 Å². The topological polar surface area (TPSA) is 57.7 Å².